The summed E-state index contributed by atoms with van der Waals surface area (Å²) in [6.45, 7) is 7.16. The largest absolute Gasteiger partial charge is 0.354 e. The molecule has 0 bridgehead atoms. The van der Waals surface area contributed by atoms with E-state index in [1.807, 2.05) is 0 Å². The molecule has 2 nitrogen and oxygen atoms in total. The molecule has 2 heteroatoms. The predicted octanol–water partition coefficient (Wildman–Crippen LogP) is 8.78. The number of nitrogens with one attached hydrogen (secondary N) is 1. The van der Waals surface area contributed by atoms with E-state index in [4.69, 9.17) is 0 Å². The predicted molar refractivity (Wildman–Crippen MR) is 152 cm³/mol. The van der Waals surface area contributed by atoms with Crippen molar-refractivity contribution in [2.45, 2.75) is 32.6 Å². The molecule has 2 aromatic heterocycles. The lowest BCUT2D eigenvalue weighted by molar-refractivity contribution is 0.664. The minimum absolute atomic E-state index is 0.0866. The number of aromatic amines is 1. The molecule has 0 amide bonds. The Balaban J connectivity index is 1.71. The van der Waals surface area contributed by atoms with Crippen molar-refractivity contribution in [2.75, 3.05) is 0 Å². The quantitative estimate of drug-likeness (QED) is 0.251. The minimum atomic E-state index is -0.0866. The van der Waals surface area contributed by atoms with E-state index in [9.17, 15) is 0 Å². The van der Waals surface area contributed by atoms with Crippen LogP contribution in [-0.4, -0.2) is 9.55 Å². The highest BCUT2D eigenvalue weighted by Crippen LogP contribution is 2.57. The SMILES string of the molecule is CC1C=Cc2[nH]c3c(c2C1)c1c(c2c3c3ccccc3n2-c2ccccc2)-c2ccccc2C1(C)C. The van der Waals surface area contributed by atoms with Crippen molar-refractivity contribution in [3.63, 3.8) is 0 Å². The summed E-state index contributed by atoms with van der Waals surface area (Å²) in [5, 5.41) is 4.09. The van der Waals surface area contributed by atoms with Gasteiger partial charge in [0.2, 0.25) is 0 Å². The molecule has 8 rings (SSSR count). The molecule has 0 spiro atoms. The number of allylic oxidation sites excluding steroid dienone is 1. The number of hydrogen-bond donors (Lipinski definition) is 1. The third-order valence-corrected chi connectivity index (χ3v) is 8.62. The first kappa shape index (κ1) is 20.2. The van der Waals surface area contributed by atoms with E-state index in [1.165, 1.54) is 71.9 Å². The van der Waals surface area contributed by atoms with Crippen molar-refractivity contribution in [2.24, 2.45) is 5.92 Å². The molecular formula is C34H28N2. The van der Waals surface area contributed by atoms with Crippen LogP contribution >= 0.6 is 0 Å². The van der Waals surface area contributed by atoms with Gasteiger partial charge in [0.05, 0.1) is 16.6 Å². The van der Waals surface area contributed by atoms with Crippen LogP contribution in [0.1, 0.15) is 43.2 Å². The minimum Gasteiger partial charge on any atom is -0.354 e. The zero-order valence-corrected chi connectivity index (χ0v) is 20.9. The van der Waals surface area contributed by atoms with E-state index in [2.05, 4.69) is 121 Å². The highest BCUT2D eigenvalue weighted by molar-refractivity contribution is 6.27. The maximum absolute atomic E-state index is 3.93. The van der Waals surface area contributed by atoms with Crippen molar-refractivity contribution < 1.29 is 0 Å². The molecule has 1 atom stereocenters. The van der Waals surface area contributed by atoms with Gasteiger partial charge in [-0.15, -0.1) is 0 Å². The summed E-state index contributed by atoms with van der Waals surface area (Å²) in [4.78, 5) is 3.93. The van der Waals surface area contributed by atoms with Crippen LogP contribution in [0, 0.1) is 5.92 Å². The van der Waals surface area contributed by atoms with Gasteiger partial charge in [-0.1, -0.05) is 87.5 Å². The highest BCUT2D eigenvalue weighted by atomic mass is 15.0. The summed E-state index contributed by atoms with van der Waals surface area (Å²) in [5.41, 5.74) is 13.4. The molecule has 174 valence electrons. The van der Waals surface area contributed by atoms with E-state index < -0.39 is 0 Å². The molecule has 4 aromatic carbocycles. The van der Waals surface area contributed by atoms with Crippen molar-refractivity contribution in [1.82, 2.24) is 9.55 Å². The first-order valence-electron chi connectivity index (χ1n) is 13.0. The van der Waals surface area contributed by atoms with Crippen molar-refractivity contribution in [3.05, 3.63) is 107 Å². The van der Waals surface area contributed by atoms with Gasteiger partial charge < -0.3 is 9.55 Å². The lowest BCUT2D eigenvalue weighted by Gasteiger charge is -2.24. The number of aromatic nitrogens is 2. The second-order valence-electron chi connectivity index (χ2n) is 11.1. The van der Waals surface area contributed by atoms with E-state index >= 15 is 0 Å². The van der Waals surface area contributed by atoms with Gasteiger partial charge in [-0.3, -0.25) is 0 Å². The van der Waals surface area contributed by atoms with Crippen LogP contribution in [0.2, 0.25) is 0 Å². The number of nitrogens with zero attached hydrogens (tertiary/aromatic N) is 1. The van der Waals surface area contributed by atoms with Gasteiger partial charge >= 0.3 is 0 Å². The normalized spacial score (nSPS) is 17.6. The van der Waals surface area contributed by atoms with Crippen LogP contribution in [0.5, 0.6) is 0 Å². The van der Waals surface area contributed by atoms with Crippen LogP contribution in [-0.2, 0) is 11.8 Å². The van der Waals surface area contributed by atoms with E-state index in [0.717, 1.165) is 6.42 Å². The zero-order valence-electron chi connectivity index (χ0n) is 20.9. The Bertz CT molecular complexity index is 1890. The summed E-state index contributed by atoms with van der Waals surface area (Å²) in [6, 6.07) is 28.9. The fourth-order valence-electron chi connectivity index (χ4n) is 7.11. The number of hydrogen-bond acceptors (Lipinski definition) is 0. The maximum atomic E-state index is 3.93. The van der Waals surface area contributed by atoms with Gasteiger partial charge in [-0.05, 0) is 58.9 Å². The summed E-state index contributed by atoms with van der Waals surface area (Å²) in [6.07, 6.45) is 5.74. The second kappa shape index (κ2) is 6.79. The summed E-state index contributed by atoms with van der Waals surface area (Å²) in [5.74, 6) is 0.542. The molecular weight excluding hydrogens is 436 g/mol. The monoisotopic (exact) mass is 464 g/mol. The average molecular weight is 465 g/mol. The Hall–Kier alpha value is -4.04. The molecule has 0 saturated carbocycles. The topological polar surface area (TPSA) is 20.7 Å². The first-order valence-corrected chi connectivity index (χ1v) is 13.0. The van der Waals surface area contributed by atoms with Crippen molar-refractivity contribution in [3.8, 4) is 16.8 Å². The number of fused-ring (bicyclic) bond motifs is 12. The summed E-state index contributed by atoms with van der Waals surface area (Å²) >= 11 is 0. The van der Waals surface area contributed by atoms with Gasteiger partial charge in [0.15, 0.2) is 0 Å². The van der Waals surface area contributed by atoms with Gasteiger partial charge in [-0.25, -0.2) is 0 Å². The Morgan fingerprint density at radius 3 is 2.47 bits per heavy atom. The van der Waals surface area contributed by atoms with E-state index in [-0.39, 0.29) is 5.41 Å². The molecule has 0 aliphatic heterocycles. The van der Waals surface area contributed by atoms with Gasteiger partial charge in [0, 0.05) is 38.5 Å². The molecule has 1 unspecified atom stereocenters. The summed E-state index contributed by atoms with van der Waals surface area (Å²) < 4.78 is 2.50. The van der Waals surface area contributed by atoms with E-state index in [0.29, 0.717) is 5.92 Å². The van der Waals surface area contributed by atoms with Crippen molar-refractivity contribution >= 4 is 38.8 Å². The number of rotatable bonds is 1. The van der Waals surface area contributed by atoms with E-state index in [1.54, 1.807) is 0 Å². The number of para-hydroxylation sites is 2. The molecule has 2 heterocycles. The fraction of sp³-hybridized carbons (Fsp3) is 0.176. The third kappa shape index (κ3) is 2.37. The zero-order chi connectivity index (χ0) is 24.2. The van der Waals surface area contributed by atoms with Crippen LogP contribution < -0.4 is 0 Å². The van der Waals surface area contributed by atoms with Crippen LogP contribution in [0.15, 0.2) is 84.9 Å². The van der Waals surface area contributed by atoms with Crippen LogP contribution in [0.3, 0.4) is 0 Å². The average Bonchev–Trinajstić information content (AvgIpc) is 3.51. The Labute approximate surface area is 210 Å². The molecule has 0 saturated heterocycles. The standard InChI is InChI=1S/C34H28N2/c1-20-17-18-26-24(19-20)28-31-29(22-13-7-9-15-25(22)34(31,2)3)33-30(32(28)35-26)23-14-8-10-16-27(23)36(33)21-11-5-4-6-12-21/h4-18,20,35H,19H2,1-3H3. The molecule has 1 N–H and O–H groups in total. The van der Waals surface area contributed by atoms with Crippen LogP contribution in [0.25, 0.3) is 55.6 Å². The van der Waals surface area contributed by atoms with Gasteiger partial charge in [0.1, 0.15) is 0 Å². The summed E-state index contributed by atoms with van der Waals surface area (Å²) in [7, 11) is 0. The Morgan fingerprint density at radius 2 is 1.61 bits per heavy atom. The molecule has 36 heavy (non-hydrogen) atoms. The van der Waals surface area contributed by atoms with Gasteiger partial charge in [0.25, 0.3) is 0 Å². The lowest BCUT2D eigenvalue weighted by Crippen LogP contribution is -2.16. The molecule has 0 radical (unpaired) electrons. The smallest absolute Gasteiger partial charge is 0.0644 e. The fourth-order valence-corrected chi connectivity index (χ4v) is 7.11. The molecule has 2 aliphatic carbocycles. The number of benzene rings is 4. The van der Waals surface area contributed by atoms with Crippen molar-refractivity contribution in [1.29, 1.82) is 0 Å². The first-order chi connectivity index (χ1) is 17.6. The lowest BCUT2D eigenvalue weighted by atomic mass is 9.78. The van der Waals surface area contributed by atoms with Gasteiger partial charge in [-0.2, -0.15) is 0 Å². The Morgan fingerprint density at radius 1 is 0.861 bits per heavy atom. The highest BCUT2D eigenvalue weighted by Gasteiger charge is 2.41. The third-order valence-electron chi connectivity index (χ3n) is 8.62. The molecule has 6 aromatic rings. The second-order valence-corrected chi connectivity index (χ2v) is 11.1. The molecule has 0 fully saturated rings. The molecule has 2 aliphatic rings. The maximum Gasteiger partial charge on any atom is 0.0644 e. The Kier molecular flexibility index (Phi) is 3.81. The number of H-pyrrole nitrogens is 1. The van der Waals surface area contributed by atoms with Crippen LogP contribution in [0.4, 0.5) is 0 Å².